The SMILES string of the molecule is Cc1ccc(C#N)cc1NC(=O)[C@H](N)C(C)C. The predicted molar refractivity (Wildman–Crippen MR) is 67.3 cm³/mol. The Morgan fingerprint density at radius 1 is 1.47 bits per heavy atom. The summed E-state index contributed by atoms with van der Waals surface area (Å²) < 4.78 is 0. The molecule has 1 atom stereocenters. The molecular weight excluding hydrogens is 214 g/mol. The Morgan fingerprint density at radius 3 is 2.65 bits per heavy atom. The van der Waals surface area contributed by atoms with Crippen molar-refractivity contribution in [3.8, 4) is 6.07 Å². The summed E-state index contributed by atoms with van der Waals surface area (Å²) in [6.45, 7) is 5.66. The number of nitrogens with one attached hydrogen (secondary N) is 1. The quantitative estimate of drug-likeness (QED) is 0.832. The van der Waals surface area contributed by atoms with Crippen LogP contribution in [-0.4, -0.2) is 11.9 Å². The predicted octanol–water partition coefficient (Wildman–Crippen LogP) is 1.79. The molecule has 0 fully saturated rings. The van der Waals surface area contributed by atoms with E-state index < -0.39 is 6.04 Å². The second-order valence-electron chi connectivity index (χ2n) is 4.40. The molecule has 0 heterocycles. The fraction of sp³-hybridized carbons (Fsp3) is 0.385. The Balaban J connectivity index is 2.88. The van der Waals surface area contributed by atoms with Crippen LogP contribution in [0.2, 0.25) is 0 Å². The Labute approximate surface area is 101 Å². The minimum absolute atomic E-state index is 0.0782. The van der Waals surface area contributed by atoms with E-state index in [0.29, 0.717) is 11.3 Å². The van der Waals surface area contributed by atoms with E-state index in [9.17, 15) is 4.79 Å². The lowest BCUT2D eigenvalue weighted by Gasteiger charge is -2.16. The molecule has 17 heavy (non-hydrogen) atoms. The van der Waals surface area contributed by atoms with Gasteiger partial charge in [0.2, 0.25) is 5.91 Å². The lowest BCUT2D eigenvalue weighted by Crippen LogP contribution is -2.39. The highest BCUT2D eigenvalue weighted by atomic mass is 16.2. The summed E-state index contributed by atoms with van der Waals surface area (Å²) in [7, 11) is 0. The number of nitrogens with two attached hydrogens (primary N) is 1. The number of rotatable bonds is 3. The maximum Gasteiger partial charge on any atom is 0.241 e. The molecule has 1 rings (SSSR count). The third-order valence-corrected chi connectivity index (χ3v) is 2.65. The van der Waals surface area contributed by atoms with Gasteiger partial charge in [-0.25, -0.2) is 0 Å². The molecule has 0 aliphatic rings. The van der Waals surface area contributed by atoms with Gasteiger partial charge in [-0.15, -0.1) is 0 Å². The number of hydrogen-bond acceptors (Lipinski definition) is 3. The first-order valence-electron chi connectivity index (χ1n) is 5.53. The average molecular weight is 231 g/mol. The molecule has 0 unspecified atom stereocenters. The van der Waals surface area contributed by atoms with Gasteiger partial charge in [0.15, 0.2) is 0 Å². The lowest BCUT2D eigenvalue weighted by molar-refractivity contribution is -0.118. The van der Waals surface area contributed by atoms with Gasteiger partial charge in [0.25, 0.3) is 0 Å². The molecule has 0 aromatic heterocycles. The fourth-order valence-electron chi connectivity index (χ4n) is 1.35. The summed E-state index contributed by atoms with van der Waals surface area (Å²) >= 11 is 0. The molecule has 3 N–H and O–H groups in total. The van der Waals surface area contributed by atoms with Crippen LogP contribution in [0.15, 0.2) is 18.2 Å². The summed E-state index contributed by atoms with van der Waals surface area (Å²) in [5.41, 5.74) is 7.82. The van der Waals surface area contributed by atoms with Gasteiger partial charge >= 0.3 is 0 Å². The van der Waals surface area contributed by atoms with Crippen LogP contribution >= 0.6 is 0 Å². The lowest BCUT2D eigenvalue weighted by atomic mass is 10.0. The Morgan fingerprint density at radius 2 is 2.12 bits per heavy atom. The number of aryl methyl sites for hydroxylation is 1. The van der Waals surface area contributed by atoms with Crippen LogP contribution < -0.4 is 11.1 Å². The molecule has 0 aliphatic heterocycles. The maximum atomic E-state index is 11.8. The van der Waals surface area contributed by atoms with Gasteiger partial charge in [-0.05, 0) is 30.5 Å². The van der Waals surface area contributed by atoms with Crippen molar-refractivity contribution in [2.75, 3.05) is 5.32 Å². The number of hydrogen-bond donors (Lipinski definition) is 2. The number of carbonyl (C=O) groups excluding carboxylic acids is 1. The zero-order chi connectivity index (χ0) is 13.0. The summed E-state index contributed by atoms with van der Waals surface area (Å²) in [4.78, 5) is 11.8. The van der Waals surface area contributed by atoms with Crippen molar-refractivity contribution in [3.63, 3.8) is 0 Å². The van der Waals surface area contributed by atoms with Crippen molar-refractivity contribution in [2.45, 2.75) is 26.8 Å². The number of carbonyl (C=O) groups is 1. The highest BCUT2D eigenvalue weighted by Gasteiger charge is 2.17. The second-order valence-corrected chi connectivity index (χ2v) is 4.40. The van der Waals surface area contributed by atoms with E-state index in [1.807, 2.05) is 26.8 Å². The van der Waals surface area contributed by atoms with E-state index >= 15 is 0 Å². The van der Waals surface area contributed by atoms with Crippen molar-refractivity contribution in [1.82, 2.24) is 0 Å². The first kappa shape index (κ1) is 13.2. The van der Waals surface area contributed by atoms with Crippen molar-refractivity contribution < 1.29 is 4.79 Å². The number of nitriles is 1. The zero-order valence-corrected chi connectivity index (χ0v) is 10.3. The first-order valence-corrected chi connectivity index (χ1v) is 5.53. The molecule has 0 bridgehead atoms. The largest absolute Gasteiger partial charge is 0.324 e. The van der Waals surface area contributed by atoms with Crippen LogP contribution in [0.1, 0.15) is 25.0 Å². The normalized spacial score (nSPS) is 12.0. The van der Waals surface area contributed by atoms with Crippen LogP contribution in [-0.2, 0) is 4.79 Å². The van der Waals surface area contributed by atoms with Gasteiger partial charge in [-0.1, -0.05) is 19.9 Å². The topological polar surface area (TPSA) is 78.9 Å². The van der Waals surface area contributed by atoms with E-state index in [1.54, 1.807) is 18.2 Å². The van der Waals surface area contributed by atoms with Crippen molar-refractivity contribution in [1.29, 1.82) is 5.26 Å². The summed E-state index contributed by atoms with van der Waals surface area (Å²) in [6, 6.07) is 6.67. The molecule has 1 aromatic rings. The van der Waals surface area contributed by atoms with E-state index in [2.05, 4.69) is 5.32 Å². The minimum atomic E-state index is -0.542. The Hall–Kier alpha value is -1.86. The monoisotopic (exact) mass is 231 g/mol. The van der Waals surface area contributed by atoms with Gasteiger partial charge < -0.3 is 11.1 Å². The van der Waals surface area contributed by atoms with Crippen molar-refractivity contribution >= 4 is 11.6 Å². The number of anilines is 1. The van der Waals surface area contributed by atoms with Gasteiger partial charge in [-0.2, -0.15) is 5.26 Å². The average Bonchev–Trinajstić information content (AvgIpc) is 2.30. The van der Waals surface area contributed by atoms with Crippen LogP contribution in [0, 0.1) is 24.2 Å². The summed E-state index contributed by atoms with van der Waals surface area (Å²) in [5.74, 6) is -0.146. The van der Waals surface area contributed by atoms with Crippen molar-refractivity contribution in [3.05, 3.63) is 29.3 Å². The molecule has 4 heteroatoms. The van der Waals surface area contributed by atoms with E-state index in [0.717, 1.165) is 5.56 Å². The Kier molecular flexibility index (Phi) is 4.24. The van der Waals surface area contributed by atoms with Crippen LogP contribution in [0.4, 0.5) is 5.69 Å². The molecule has 1 aromatic carbocycles. The number of amides is 1. The zero-order valence-electron chi connectivity index (χ0n) is 10.3. The van der Waals surface area contributed by atoms with Crippen LogP contribution in [0.3, 0.4) is 0 Å². The summed E-state index contributed by atoms with van der Waals surface area (Å²) in [6.07, 6.45) is 0. The molecule has 0 saturated carbocycles. The molecule has 0 spiro atoms. The van der Waals surface area contributed by atoms with E-state index in [-0.39, 0.29) is 11.8 Å². The molecule has 90 valence electrons. The fourth-order valence-corrected chi connectivity index (χ4v) is 1.35. The van der Waals surface area contributed by atoms with Crippen molar-refractivity contribution in [2.24, 2.45) is 11.7 Å². The van der Waals surface area contributed by atoms with Gasteiger partial charge in [-0.3, -0.25) is 4.79 Å². The highest BCUT2D eigenvalue weighted by Crippen LogP contribution is 2.17. The van der Waals surface area contributed by atoms with E-state index in [1.165, 1.54) is 0 Å². The molecular formula is C13H17N3O. The van der Waals surface area contributed by atoms with E-state index in [4.69, 9.17) is 11.0 Å². The third-order valence-electron chi connectivity index (χ3n) is 2.65. The first-order chi connectivity index (χ1) is 7.95. The second kappa shape index (κ2) is 5.46. The molecule has 4 nitrogen and oxygen atoms in total. The molecule has 1 amide bonds. The summed E-state index contributed by atoms with van der Waals surface area (Å²) in [5, 5.41) is 11.5. The minimum Gasteiger partial charge on any atom is -0.324 e. The molecule has 0 saturated heterocycles. The van der Waals surface area contributed by atoms with Crippen LogP contribution in [0.5, 0.6) is 0 Å². The standard InChI is InChI=1S/C13H17N3O/c1-8(2)12(15)13(17)16-11-6-10(7-14)5-4-9(11)3/h4-6,8,12H,15H2,1-3H3,(H,16,17)/t12-/m1/s1. The Bertz CT molecular complexity index is 460. The smallest absolute Gasteiger partial charge is 0.241 e. The number of benzene rings is 1. The van der Waals surface area contributed by atoms with Crippen LogP contribution in [0.25, 0.3) is 0 Å². The van der Waals surface area contributed by atoms with Gasteiger partial charge in [0.05, 0.1) is 17.7 Å². The highest BCUT2D eigenvalue weighted by molar-refractivity contribution is 5.95. The van der Waals surface area contributed by atoms with Gasteiger partial charge in [0, 0.05) is 5.69 Å². The molecule has 0 aliphatic carbocycles. The maximum absolute atomic E-state index is 11.8. The number of nitrogens with zero attached hydrogens (tertiary/aromatic N) is 1. The third kappa shape index (κ3) is 3.30. The molecule has 0 radical (unpaired) electrons. The van der Waals surface area contributed by atoms with Gasteiger partial charge in [0.1, 0.15) is 0 Å².